The lowest BCUT2D eigenvalue weighted by atomic mass is 10.1. The van der Waals surface area contributed by atoms with Crippen molar-refractivity contribution in [3.63, 3.8) is 0 Å². The van der Waals surface area contributed by atoms with Crippen LogP contribution in [0.3, 0.4) is 0 Å². The van der Waals surface area contributed by atoms with Crippen LogP contribution in [0, 0.1) is 6.92 Å². The third-order valence-corrected chi connectivity index (χ3v) is 2.99. The van der Waals surface area contributed by atoms with E-state index in [1.165, 1.54) is 0 Å². The normalized spacial score (nSPS) is 12.2. The second kappa shape index (κ2) is 6.93. The van der Waals surface area contributed by atoms with Crippen LogP contribution in [0.1, 0.15) is 31.7 Å². The minimum absolute atomic E-state index is 0.323. The van der Waals surface area contributed by atoms with Crippen LogP contribution >= 0.6 is 0 Å². The Hall–Kier alpha value is -2.04. The fourth-order valence-electron chi connectivity index (χ4n) is 2.02. The summed E-state index contributed by atoms with van der Waals surface area (Å²) in [6.45, 7) is 6.97. The van der Waals surface area contributed by atoms with Crippen molar-refractivity contribution in [2.24, 2.45) is 0 Å². The van der Waals surface area contributed by atoms with E-state index in [1.54, 1.807) is 6.26 Å². The fraction of sp³-hybridized carbons (Fsp3) is 0.467. The van der Waals surface area contributed by atoms with E-state index in [2.05, 4.69) is 27.5 Å². The van der Waals surface area contributed by atoms with Gasteiger partial charge in [-0.15, -0.1) is 0 Å². The molecule has 20 heavy (non-hydrogen) atoms. The van der Waals surface area contributed by atoms with Gasteiger partial charge in [0.25, 0.3) is 0 Å². The van der Waals surface area contributed by atoms with Crippen LogP contribution in [0.4, 0.5) is 11.8 Å². The zero-order chi connectivity index (χ0) is 14.4. The molecule has 5 heteroatoms. The van der Waals surface area contributed by atoms with Gasteiger partial charge < -0.3 is 15.1 Å². The molecule has 2 heterocycles. The predicted octanol–water partition coefficient (Wildman–Crippen LogP) is 3.24. The van der Waals surface area contributed by atoms with Gasteiger partial charge in [0.1, 0.15) is 11.6 Å². The molecule has 0 saturated carbocycles. The molecule has 0 saturated heterocycles. The van der Waals surface area contributed by atoms with Gasteiger partial charge in [0.15, 0.2) is 0 Å². The van der Waals surface area contributed by atoms with Crippen LogP contribution in [0.5, 0.6) is 0 Å². The van der Waals surface area contributed by atoms with E-state index in [9.17, 15) is 0 Å². The third-order valence-electron chi connectivity index (χ3n) is 2.99. The van der Waals surface area contributed by atoms with E-state index >= 15 is 0 Å². The Morgan fingerprint density at radius 1 is 1.35 bits per heavy atom. The molecule has 0 aliphatic heterocycles. The summed E-state index contributed by atoms with van der Waals surface area (Å²) in [6.07, 6.45) is 3.63. The average molecular weight is 274 g/mol. The van der Waals surface area contributed by atoms with Gasteiger partial charge in [0, 0.05) is 30.8 Å². The molecule has 2 rings (SSSR count). The van der Waals surface area contributed by atoms with Gasteiger partial charge in [0.05, 0.1) is 6.26 Å². The number of furan rings is 1. The number of aromatic nitrogens is 2. The molecule has 0 aromatic carbocycles. The highest BCUT2D eigenvalue weighted by atomic mass is 16.3. The van der Waals surface area contributed by atoms with Crippen LogP contribution in [-0.2, 0) is 6.42 Å². The summed E-state index contributed by atoms with van der Waals surface area (Å²) in [7, 11) is 0. The minimum Gasteiger partial charge on any atom is -0.469 e. The molecule has 2 aromatic heterocycles. The maximum Gasteiger partial charge on any atom is 0.224 e. The van der Waals surface area contributed by atoms with Gasteiger partial charge in [-0.3, -0.25) is 0 Å². The summed E-state index contributed by atoms with van der Waals surface area (Å²) in [5.74, 6) is 2.56. The van der Waals surface area contributed by atoms with Gasteiger partial charge in [-0.1, -0.05) is 0 Å². The second-order valence-corrected chi connectivity index (χ2v) is 4.91. The number of anilines is 2. The Balaban J connectivity index is 1.91. The van der Waals surface area contributed by atoms with E-state index in [0.717, 1.165) is 36.7 Å². The summed E-state index contributed by atoms with van der Waals surface area (Å²) < 4.78 is 5.34. The van der Waals surface area contributed by atoms with Crippen molar-refractivity contribution >= 4 is 11.8 Å². The monoisotopic (exact) mass is 274 g/mol. The maximum atomic E-state index is 5.34. The van der Waals surface area contributed by atoms with Crippen LogP contribution in [0.25, 0.3) is 0 Å². The quantitative estimate of drug-likeness (QED) is 0.811. The largest absolute Gasteiger partial charge is 0.469 e. The molecule has 2 aromatic rings. The van der Waals surface area contributed by atoms with Gasteiger partial charge >= 0.3 is 0 Å². The molecule has 0 aliphatic carbocycles. The zero-order valence-electron chi connectivity index (χ0n) is 12.3. The number of rotatable bonds is 7. The first kappa shape index (κ1) is 14.4. The van der Waals surface area contributed by atoms with Gasteiger partial charge in [-0.05, 0) is 39.3 Å². The van der Waals surface area contributed by atoms with E-state index in [1.807, 2.05) is 32.0 Å². The summed E-state index contributed by atoms with van der Waals surface area (Å²) in [5.41, 5.74) is 0.955. The molecule has 0 spiro atoms. The Bertz CT molecular complexity index is 525. The fourth-order valence-corrected chi connectivity index (χ4v) is 2.02. The maximum absolute atomic E-state index is 5.34. The average Bonchev–Trinajstić information content (AvgIpc) is 2.89. The molecule has 108 valence electrons. The summed E-state index contributed by atoms with van der Waals surface area (Å²) in [4.78, 5) is 8.79. The molecule has 0 fully saturated rings. The van der Waals surface area contributed by atoms with Crippen molar-refractivity contribution in [1.29, 1.82) is 0 Å². The number of aryl methyl sites for hydroxylation is 2. The van der Waals surface area contributed by atoms with Crippen LogP contribution in [0.2, 0.25) is 0 Å². The van der Waals surface area contributed by atoms with E-state index in [0.29, 0.717) is 12.0 Å². The Labute approximate surface area is 119 Å². The van der Waals surface area contributed by atoms with Crippen molar-refractivity contribution < 1.29 is 4.42 Å². The molecule has 5 nitrogen and oxygen atoms in total. The van der Waals surface area contributed by atoms with Crippen LogP contribution in [0.15, 0.2) is 28.9 Å². The van der Waals surface area contributed by atoms with E-state index < -0.39 is 0 Å². The summed E-state index contributed by atoms with van der Waals surface area (Å²) in [5, 5.41) is 6.55. The molecular formula is C15H22N4O. The first-order valence-electron chi connectivity index (χ1n) is 7.06. The Morgan fingerprint density at radius 3 is 2.90 bits per heavy atom. The second-order valence-electron chi connectivity index (χ2n) is 4.91. The number of nitrogens with zero attached hydrogens (tertiary/aromatic N) is 2. The first-order valence-corrected chi connectivity index (χ1v) is 7.06. The highest BCUT2D eigenvalue weighted by molar-refractivity contribution is 5.42. The van der Waals surface area contributed by atoms with Gasteiger partial charge in [-0.25, -0.2) is 4.98 Å². The highest BCUT2D eigenvalue weighted by Gasteiger charge is 2.07. The molecule has 0 amide bonds. The van der Waals surface area contributed by atoms with Crippen molar-refractivity contribution in [3.8, 4) is 0 Å². The molecule has 0 radical (unpaired) electrons. The van der Waals surface area contributed by atoms with Crippen molar-refractivity contribution in [1.82, 2.24) is 9.97 Å². The molecular weight excluding hydrogens is 252 g/mol. The SMILES string of the molecule is CCNc1nc(C)cc(NC(C)CCc2ccco2)n1. The van der Waals surface area contributed by atoms with Gasteiger partial charge in [0.2, 0.25) is 5.95 Å². The summed E-state index contributed by atoms with van der Waals surface area (Å²) >= 11 is 0. The van der Waals surface area contributed by atoms with E-state index in [-0.39, 0.29) is 0 Å². The number of hydrogen-bond acceptors (Lipinski definition) is 5. The molecule has 1 atom stereocenters. The number of nitrogens with one attached hydrogen (secondary N) is 2. The predicted molar refractivity (Wildman–Crippen MR) is 81.0 cm³/mol. The van der Waals surface area contributed by atoms with Crippen molar-refractivity contribution in [3.05, 3.63) is 35.9 Å². The smallest absolute Gasteiger partial charge is 0.224 e. The minimum atomic E-state index is 0.323. The number of hydrogen-bond donors (Lipinski definition) is 2. The Morgan fingerprint density at radius 2 is 2.20 bits per heavy atom. The summed E-state index contributed by atoms with van der Waals surface area (Å²) in [6, 6.07) is 6.21. The van der Waals surface area contributed by atoms with Gasteiger partial charge in [-0.2, -0.15) is 4.98 Å². The molecule has 0 bridgehead atoms. The first-order chi connectivity index (χ1) is 9.67. The zero-order valence-corrected chi connectivity index (χ0v) is 12.3. The lowest BCUT2D eigenvalue weighted by Crippen LogP contribution is -2.17. The topological polar surface area (TPSA) is 63.0 Å². The van der Waals surface area contributed by atoms with Crippen molar-refractivity contribution in [2.75, 3.05) is 17.2 Å². The Kier molecular flexibility index (Phi) is 4.98. The third kappa shape index (κ3) is 4.26. The van der Waals surface area contributed by atoms with Crippen molar-refractivity contribution in [2.45, 2.75) is 39.7 Å². The highest BCUT2D eigenvalue weighted by Crippen LogP contribution is 2.13. The van der Waals surface area contributed by atoms with Crippen LogP contribution < -0.4 is 10.6 Å². The lowest BCUT2D eigenvalue weighted by molar-refractivity contribution is 0.495. The van der Waals surface area contributed by atoms with Crippen LogP contribution in [-0.4, -0.2) is 22.6 Å². The molecule has 1 unspecified atom stereocenters. The van der Waals surface area contributed by atoms with E-state index in [4.69, 9.17) is 4.42 Å². The lowest BCUT2D eigenvalue weighted by Gasteiger charge is -2.15. The molecule has 2 N–H and O–H groups in total. The standard InChI is InChI=1S/C15H22N4O/c1-4-16-15-18-12(3)10-14(19-15)17-11(2)7-8-13-6-5-9-20-13/h5-6,9-11H,4,7-8H2,1-3H3,(H2,16,17,18,19). The molecule has 0 aliphatic rings.